The number of rotatable bonds is 8. The van der Waals surface area contributed by atoms with Gasteiger partial charge in [0.2, 0.25) is 11.8 Å². The molecule has 0 aromatic heterocycles. The molecular formula is C22H26Cl2N2O2. The van der Waals surface area contributed by atoms with Gasteiger partial charge in [0, 0.05) is 13.1 Å². The third kappa shape index (κ3) is 6.54. The lowest BCUT2D eigenvalue weighted by Crippen LogP contribution is -2.48. The van der Waals surface area contributed by atoms with Crippen LogP contribution in [0.15, 0.2) is 48.5 Å². The van der Waals surface area contributed by atoms with Crippen molar-refractivity contribution in [3.05, 3.63) is 69.7 Å². The Morgan fingerprint density at radius 1 is 0.964 bits per heavy atom. The minimum Gasteiger partial charge on any atom is -0.354 e. The summed E-state index contributed by atoms with van der Waals surface area (Å²) in [7, 11) is 0. The van der Waals surface area contributed by atoms with Gasteiger partial charge < -0.3 is 10.2 Å². The smallest absolute Gasteiger partial charge is 0.242 e. The van der Waals surface area contributed by atoms with Crippen LogP contribution in [0, 0.1) is 5.92 Å². The van der Waals surface area contributed by atoms with Gasteiger partial charge in [-0.2, -0.15) is 0 Å². The van der Waals surface area contributed by atoms with Crippen LogP contribution < -0.4 is 5.32 Å². The number of nitrogens with one attached hydrogen (secondary N) is 1. The predicted molar refractivity (Wildman–Crippen MR) is 114 cm³/mol. The van der Waals surface area contributed by atoms with Crippen molar-refractivity contribution in [2.45, 2.75) is 39.8 Å². The molecule has 0 bridgehead atoms. The molecule has 0 radical (unpaired) electrons. The molecule has 6 heteroatoms. The fraction of sp³-hybridized carbons (Fsp3) is 0.364. The number of benzene rings is 2. The van der Waals surface area contributed by atoms with Crippen molar-refractivity contribution in [2.75, 3.05) is 6.54 Å². The summed E-state index contributed by atoms with van der Waals surface area (Å²) in [6.07, 6.45) is 0.226. The van der Waals surface area contributed by atoms with Gasteiger partial charge >= 0.3 is 0 Å². The monoisotopic (exact) mass is 420 g/mol. The van der Waals surface area contributed by atoms with Gasteiger partial charge in [-0.05, 0) is 36.1 Å². The molecule has 2 aromatic rings. The largest absolute Gasteiger partial charge is 0.354 e. The average molecular weight is 421 g/mol. The molecule has 0 fully saturated rings. The maximum Gasteiger partial charge on any atom is 0.242 e. The highest BCUT2D eigenvalue weighted by Gasteiger charge is 2.26. The number of amides is 2. The van der Waals surface area contributed by atoms with Crippen LogP contribution in [0.1, 0.15) is 31.9 Å². The third-order valence-electron chi connectivity index (χ3n) is 4.39. The van der Waals surface area contributed by atoms with E-state index >= 15 is 0 Å². The van der Waals surface area contributed by atoms with Gasteiger partial charge in [-0.25, -0.2) is 0 Å². The van der Waals surface area contributed by atoms with E-state index < -0.39 is 6.04 Å². The Balaban J connectivity index is 2.21. The Labute approximate surface area is 176 Å². The summed E-state index contributed by atoms with van der Waals surface area (Å²) in [5.41, 5.74) is 1.72. The molecule has 0 aliphatic heterocycles. The summed E-state index contributed by atoms with van der Waals surface area (Å²) in [6.45, 7) is 6.64. The molecule has 0 saturated carbocycles. The molecule has 4 nitrogen and oxygen atoms in total. The van der Waals surface area contributed by atoms with E-state index in [-0.39, 0.29) is 24.8 Å². The molecular weight excluding hydrogens is 395 g/mol. The first-order valence-corrected chi connectivity index (χ1v) is 10.1. The van der Waals surface area contributed by atoms with E-state index in [1.807, 2.05) is 50.2 Å². The Kier molecular flexibility index (Phi) is 8.34. The topological polar surface area (TPSA) is 49.4 Å². The van der Waals surface area contributed by atoms with Crippen molar-refractivity contribution in [2.24, 2.45) is 5.92 Å². The van der Waals surface area contributed by atoms with Gasteiger partial charge in [0.25, 0.3) is 0 Å². The van der Waals surface area contributed by atoms with Gasteiger partial charge in [0.1, 0.15) is 6.04 Å². The first kappa shape index (κ1) is 22.3. The lowest BCUT2D eigenvalue weighted by molar-refractivity contribution is -0.140. The maximum absolute atomic E-state index is 13.0. The van der Waals surface area contributed by atoms with Gasteiger partial charge in [0.05, 0.1) is 16.5 Å². The van der Waals surface area contributed by atoms with Crippen LogP contribution in [0.25, 0.3) is 0 Å². The summed E-state index contributed by atoms with van der Waals surface area (Å²) in [5.74, 6) is 0.0410. The summed E-state index contributed by atoms with van der Waals surface area (Å²) in [5, 5.41) is 3.78. The molecule has 2 rings (SSSR count). The third-order valence-corrected chi connectivity index (χ3v) is 5.13. The molecule has 1 N–H and O–H groups in total. The molecule has 28 heavy (non-hydrogen) atoms. The molecule has 0 saturated heterocycles. The van der Waals surface area contributed by atoms with Crippen LogP contribution in [0.4, 0.5) is 0 Å². The van der Waals surface area contributed by atoms with Crippen LogP contribution in [0.2, 0.25) is 10.0 Å². The zero-order valence-corrected chi connectivity index (χ0v) is 17.9. The Hall–Kier alpha value is -2.04. The number of nitrogens with zero attached hydrogens (tertiary/aromatic N) is 1. The summed E-state index contributed by atoms with van der Waals surface area (Å²) >= 11 is 12.1. The molecule has 0 aliphatic rings. The SMILES string of the molecule is CC(C)CNC(=O)[C@H](C)N(Cc1ccc(Cl)c(Cl)c1)C(=O)Cc1ccccc1. The molecule has 1 atom stereocenters. The van der Waals surface area contributed by atoms with Crippen LogP contribution >= 0.6 is 23.2 Å². The standard InChI is InChI=1S/C22H26Cl2N2O2/c1-15(2)13-25-22(28)16(3)26(14-18-9-10-19(23)20(24)11-18)21(27)12-17-7-5-4-6-8-17/h4-11,15-16H,12-14H2,1-3H3,(H,25,28)/t16-/m0/s1. The highest BCUT2D eigenvalue weighted by molar-refractivity contribution is 6.42. The molecule has 2 amide bonds. The van der Waals surface area contributed by atoms with Crippen molar-refractivity contribution in [1.82, 2.24) is 10.2 Å². The number of carbonyl (C=O) groups excluding carboxylic acids is 2. The fourth-order valence-corrected chi connectivity index (χ4v) is 3.06. The van der Waals surface area contributed by atoms with Gasteiger partial charge in [-0.15, -0.1) is 0 Å². The van der Waals surface area contributed by atoms with E-state index in [1.165, 1.54) is 0 Å². The van der Waals surface area contributed by atoms with E-state index in [1.54, 1.807) is 24.0 Å². The average Bonchev–Trinajstić information content (AvgIpc) is 2.67. The highest BCUT2D eigenvalue weighted by Crippen LogP contribution is 2.24. The van der Waals surface area contributed by atoms with E-state index in [0.29, 0.717) is 22.5 Å². The molecule has 0 unspecified atom stereocenters. The quantitative estimate of drug-likeness (QED) is 0.670. The molecule has 2 aromatic carbocycles. The van der Waals surface area contributed by atoms with Gasteiger partial charge in [-0.3, -0.25) is 9.59 Å². The number of hydrogen-bond donors (Lipinski definition) is 1. The zero-order chi connectivity index (χ0) is 20.7. The van der Waals surface area contributed by atoms with Crippen LogP contribution in [-0.2, 0) is 22.6 Å². The highest BCUT2D eigenvalue weighted by atomic mass is 35.5. The first-order valence-electron chi connectivity index (χ1n) is 9.33. The summed E-state index contributed by atoms with van der Waals surface area (Å²) < 4.78 is 0. The maximum atomic E-state index is 13.0. The lowest BCUT2D eigenvalue weighted by Gasteiger charge is -2.29. The molecule has 0 aliphatic carbocycles. The lowest BCUT2D eigenvalue weighted by atomic mass is 10.1. The minimum atomic E-state index is -0.607. The first-order chi connectivity index (χ1) is 13.3. The van der Waals surface area contributed by atoms with Crippen molar-refractivity contribution < 1.29 is 9.59 Å². The number of halogens is 2. The fourth-order valence-electron chi connectivity index (χ4n) is 2.74. The summed E-state index contributed by atoms with van der Waals surface area (Å²) in [4.78, 5) is 27.2. The minimum absolute atomic E-state index is 0.121. The predicted octanol–water partition coefficient (Wildman–Crippen LogP) is 4.73. The Morgan fingerprint density at radius 2 is 1.64 bits per heavy atom. The van der Waals surface area contributed by atoms with Crippen LogP contribution in [0.5, 0.6) is 0 Å². The number of hydrogen-bond acceptors (Lipinski definition) is 2. The van der Waals surface area contributed by atoms with Crippen LogP contribution in [-0.4, -0.2) is 29.3 Å². The van der Waals surface area contributed by atoms with Gasteiger partial charge in [-0.1, -0.05) is 73.4 Å². The normalized spacial score (nSPS) is 11.9. The zero-order valence-electron chi connectivity index (χ0n) is 16.4. The van der Waals surface area contributed by atoms with Crippen LogP contribution in [0.3, 0.4) is 0 Å². The second kappa shape index (κ2) is 10.5. The Bertz CT molecular complexity index is 809. The van der Waals surface area contributed by atoms with Crippen molar-refractivity contribution >= 4 is 35.0 Å². The Morgan fingerprint density at radius 3 is 2.25 bits per heavy atom. The summed E-state index contributed by atoms with van der Waals surface area (Å²) in [6, 6.07) is 14.1. The molecule has 0 spiro atoms. The van der Waals surface area contributed by atoms with Crippen molar-refractivity contribution in [3.8, 4) is 0 Å². The second-order valence-electron chi connectivity index (χ2n) is 7.25. The second-order valence-corrected chi connectivity index (χ2v) is 8.06. The van der Waals surface area contributed by atoms with E-state index in [4.69, 9.17) is 23.2 Å². The van der Waals surface area contributed by atoms with E-state index in [9.17, 15) is 9.59 Å². The molecule has 150 valence electrons. The van der Waals surface area contributed by atoms with Crippen molar-refractivity contribution in [3.63, 3.8) is 0 Å². The van der Waals surface area contributed by atoms with E-state index in [0.717, 1.165) is 11.1 Å². The molecule has 0 heterocycles. The number of carbonyl (C=O) groups is 2. The van der Waals surface area contributed by atoms with Crippen molar-refractivity contribution in [1.29, 1.82) is 0 Å². The van der Waals surface area contributed by atoms with E-state index in [2.05, 4.69) is 5.32 Å². The van der Waals surface area contributed by atoms with Gasteiger partial charge in [0.15, 0.2) is 0 Å².